The number of hydrogen-bond acceptors (Lipinski definition) is 4. The molecular weight excluding hydrogens is 254 g/mol. The number of carbonyl (C=O) groups is 1. The molecule has 0 bridgehead atoms. The number of rotatable bonds is 2. The summed E-state index contributed by atoms with van der Waals surface area (Å²) in [5.74, 6) is 0.169. The lowest BCUT2D eigenvalue weighted by atomic mass is 10.3. The van der Waals surface area contributed by atoms with E-state index in [0.717, 1.165) is 5.69 Å². The molecule has 1 unspecified atom stereocenters. The average molecular weight is 269 g/mol. The number of aromatic nitrogens is 1. The maximum absolute atomic E-state index is 11.7. The van der Waals surface area contributed by atoms with Gasteiger partial charge in [-0.15, -0.1) is 0 Å². The van der Waals surface area contributed by atoms with Gasteiger partial charge in [0.25, 0.3) is 0 Å². The van der Waals surface area contributed by atoms with Crippen LogP contribution in [0, 0.1) is 6.92 Å². The minimum Gasteiger partial charge on any atom is -0.334 e. The van der Waals surface area contributed by atoms with Gasteiger partial charge in [0.05, 0.1) is 11.5 Å². The molecule has 98 valence electrons. The Hall–Kier alpha value is -1.63. The normalized spacial score (nSPS) is 21.5. The van der Waals surface area contributed by atoms with E-state index in [2.05, 4.69) is 15.6 Å². The van der Waals surface area contributed by atoms with Crippen LogP contribution in [-0.4, -0.2) is 37.0 Å². The number of nitrogens with one attached hydrogen (secondary N) is 2. The molecule has 1 aliphatic rings. The number of amides is 2. The van der Waals surface area contributed by atoms with E-state index >= 15 is 0 Å². The summed E-state index contributed by atoms with van der Waals surface area (Å²) in [4.78, 5) is 15.7. The van der Waals surface area contributed by atoms with Gasteiger partial charge in [-0.05, 0) is 25.5 Å². The van der Waals surface area contributed by atoms with E-state index in [1.165, 1.54) is 0 Å². The second kappa shape index (κ2) is 4.93. The SMILES string of the molecule is Cc1cc(NC(=O)NC2CCS(=O)(=O)C2)ccn1. The van der Waals surface area contributed by atoms with E-state index in [-0.39, 0.29) is 23.6 Å². The second-order valence-corrected chi connectivity index (χ2v) is 6.61. The summed E-state index contributed by atoms with van der Waals surface area (Å²) >= 11 is 0. The lowest BCUT2D eigenvalue weighted by molar-refractivity contribution is 0.249. The highest BCUT2D eigenvalue weighted by atomic mass is 32.2. The summed E-state index contributed by atoms with van der Waals surface area (Å²) in [6.07, 6.45) is 2.08. The van der Waals surface area contributed by atoms with Crippen molar-refractivity contribution in [3.8, 4) is 0 Å². The van der Waals surface area contributed by atoms with Crippen LogP contribution in [0.2, 0.25) is 0 Å². The summed E-state index contributed by atoms with van der Waals surface area (Å²) in [5.41, 5.74) is 1.44. The highest BCUT2D eigenvalue weighted by Gasteiger charge is 2.28. The molecule has 1 aliphatic heterocycles. The van der Waals surface area contributed by atoms with Crippen LogP contribution in [0.5, 0.6) is 0 Å². The van der Waals surface area contributed by atoms with Crippen LogP contribution in [0.4, 0.5) is 10.5 Å². The molecular formula is C11H15N3O3S. The van der Waals surface area contributed by atoms with Crippen molar-refractivity contribution in [2.45, 2.75) is 19.4 Å². The molecule has 1 aromatic heterocycles. The standard InChI is InChI=1S/C11H15N3O3S/c1-8-6-9(2-4-12-8)13-11(15)14-10-3-5-18(16,17)7-10/h2,4,6,10H,3,5,7H2,1H3,(H2,12,13,14,15). The molecule has 2 N–H and O–H groups in total. The Morgan fingerprint density at radius 3 is 2.89 bits per heavy atom. The van der Waals surface area contributed by atoms with Gasteiger partial charge in [-0.2, -0.15) is 0 Å². The Morgan fingerprint density at radius 1 is 1.50 bits per heavy atom. The summed E-state index contributed by atoms with van der Waals surface area (Å²) in [6.45, 7) is 1.83. The van der Waals surface area contributed by atoms with Crippen molar-refractivity contribution in [3.05, 3.63) is 24.0 Å². The highest BCUT2D eigenvalue weighted by Crippen LogP contribution is 2.12. The van der Waals surface area contributed by atoms with E-state index in [0.29, 0.717) is 12.1 Å². The first-order valence-corrected chi connectivity index (χ1v) is 7.47. The molecule has 18 heavy (non-hydrogen) atoms. The molecule has 6 nitrogen and oxygen atoms in total. The van der Waals surface area contributed by atoms with Gasteiger partial charge >= 0.3 is 6.03 Å². The lowest BCUT2D eigenvalue weighted by Crippen LogP contribution is -2.38. The van der Waals surface area contributed by atoms with Crippen molar-refractivity contribution in [1.29, 1.82) is 0 Å². The van der Waals surface area contributed by atoms with Gasteiger partial charge in [0, 0.05) is 23.6 Å². The Labute approximate surface area is 106 Å². The minimum absolute atomic E-state index is 0.0236. The molecule has 7 heteroatoms. The predicted molar refractivity (Wildman–Crippen MR) is 68.2 cm³/mol. The Morgan fingerprint density at radius 2 is 2.28 bits per heavy atom. The van der Waals surface area contributed by atoms with E-state index in [1.807, 2.05) is 6.92 Å². The van der Waals surface area contributed by atoms with E-state index in [9.17, 15) is 13.2 Å². The molecule has 0 saturated carbocycles. The zero-order chi connectivity index (χ0) is 13.2. The highest BCUT2D eigenvalue weighted by molar-refractivity contribution is 7.91. The summed E-state index contributed by atoms with van der Waals surface area (Å²) in [5, 5.41) is 5.30. The van der Waals surface area contributed by atoms with Crippen LogP contribution in [0.3, 0.4) is 0 Å². The molecule has 0 radical (unpaired) electrons. The van der Waals surface area contributed by atoms with Crippen LogP contribution < -0.4 is 10.6 Å². The van der Waals surface area contributed by atoms with Crippen molar-refractivity contribution in [2.24, 2.45) is 0 Å². The van der Waals surface area contributed by atoms with Gasteiger partial charge in [-0.3, -0.25) is 4.98 Å². The number of sulfone groups is 1. The number of hydrogen-bond donors (Lipinski definition) is 2. The van der Waals surface area contributed by atoms with Crippen molar-refractivity contribution in [1.82, 2.24) is 10.3 Å². The molecule has 0 aliphatic carbocycles. The van der Waals surface area contributed by atoms with E-state index in [1.54, 1.807) is 18.3 Å². The van der Waals surface area contributed by atoms with Crippen molar-refractivity contribution in [3.63, 3.8) is 0 Å². The summed E-state index contributed by atoms with van der Waals surface area (Å²) < 4.78 is 22.5. The van der Waals surface area contributed by atoms with Crippen molar-refractivity contribution >= 4 is 21.6 Å². The van der Waals surface area contributed by atoms with Crippen LogP contribution in [0.25, 0.3) is 0 Å². The monoisotopic (exact) mass is 269 g/mol. The molecule has 1 atom stereocenters. The third-order valence-corrected chi connectivity index (χ3v) is 4.49. The first-order chi connectivity index (χ1) is 8.44. The lowest BCUT2D eigenvalue weighted by Gasteiger charge is -2.12. The van der Waals surface area contributed by atoms with Gasteiger partial charge < -0.3 is 10.6 Å². The molecule has 1 saturated heterocycles. The molecule has 1 fully saturated rings. The molecule has 2 heterocycles. The zero-order valence-corrected chi connectivity index (χ0v) is 10.8. The number of aryl methyl sites for hydroxylation is 1. The summed E-state index contributed by atoms with van der Waals surface area (Å²) in [7, 11) is -2.97. The fourth-order valence-electron chi connectivity index (χ4n) is 1.88. The number of nitrogens with zero attached hydrogens (tertiary/aromatic N) is 1. The number of anilines is 1. The Balaban J connectivity index is 1.90. The quantitative estimate of drug-likeness (QED) is 0.827. The van der Waals surface area contributed by atoms with Crippen LogP contribution in [0.1, 0.15) is 12.1 Å². The predicted octanol–water partition coefficient (Wildman–Crippen LogP) is 0.699. The van der Waals surface area contributed by atoms with Crippen molar-refractivity contribution < 1.29 is 13.2 Å². The van der Waals surface area contributed by atoms with Gasteiger partial charge in [0.2, 0.25) is 0 Å². The van der Waals surface area contributed by atoms with Crippen LogP contribution >= 0.6 is 0 Å². The zero-order valence-electron chi connectivity index (χ0n) is 10.0. The Kier molecular flexibility index (Phi) is 3.51. The Bertz CT molecular complexity index is 556. The largest absolute Gasteiger partial charge is 0.334 e. The number of pyridine rings is 1. The smallest absolute Gasteiger partial charge is 0.319 e. The topological polar surface area (TPSA) is 88.2 Å². The van der Waals surface area contributed by atoms with E-state index in [4.69, 9.17) is 0 Å². The van der Waals surface area contributed by atoms with Gasteiger partial charge in [-0.1, -0.05) is 0 Å². The molecule has 1 aromatic rings. The number of carbonyl (C=O) groups excluding carboxylic acids is 1. The third kappa shape index (κ3) is 3.43. The van der Waals surface area contributed by atoms with Crippen molar-refractivity contribution in [2.75, 3.05) is 16.8 Å². The third-order valence-electron chi connectivity index (χ3n) is 2.72. The van der Waals surface area contributed by atoms with Gasteiger partial charge in [-0.25, -0.2) is 13.2 Å². The maximum Gasteiger partial charge on any atom is 0.319 e. The fourth-order valence-corrected chi connectivity index (χ4v) is 3.56. The summed E-state index contributed by atoms with van der Waals surface area (Å²) in [6, 6.07) is 2.74. The second-order valence-electron chi connectivity index (χ2n) is 4.38. The molecule has 0 spiro atoms. The first-order valence-electron chi connectivity index (χ1n) is 5.65. The van der Waals surface area contributed by atoms with Gasteiger partial charge in [0.1, 0.15) is 0 Å². The molecule has 0 aromatic carbocycles. The minimum atomic E-state index is -2.97. The molecule has 2 amide bonds. The first kappa shape index (κ1) is 12.8. The average Bonchev–Trinajstić information content (AvgIpc) is 2.57. The van der Waals surface area contributed by atoms with Gasteiger partial charge in [0.15, 0.2) is 9.84 Å². The fraction of sp³-hybridized carbons (Fsp3) is 0.455. The molecule has 2 rings (SSSR count). The maximum atomic E-state index is 11.7. The van der Waals surface area contributed by atoms with Crippen LogP contribution in [-0.2, 0) is 9.84 Å². The number of urea groups is 1. The van der Waals surface area contributed by atoms with E-state index < -0.39 is 9.84 Å². The van der Waals surface area contributed by atoms with Crippen LogP contribution in [0.15, 0.2) is 18.3 Å².